The van der Waals surface area contributed by atoms with Crippen molar-refractivity contribution < 1.29 is 23.1 Å². The minimum absolute atomic E-state index is 0.0627. The average Bonchev–Trinajstić information content (AvgIpc) is 2.99. The standard InChI is InChI=1S/C22H21F3N2O2/c1-11(28)10-26-22(29)14-6-13(7-14)19-17-8-16(24)9-18(25)21(17)27-20(19)12-2-4-15(23)5-3-12/h2-5,8-9,11,13-14,27-28H,6-7,10H2,1H3,(H,26,29)/t11-,13-,14-/m0/s1. The SMILES string of the molecule is C[C@H](O)CNC(=O)[C@H]1C[C@H](c2c(-c3ccc(F)cc3)[nH]c3c(F)cc(F)cc32)C1. The Kier molecular flexibility index (Phi) is 5.08. The van der Waals surface area contributed by atoms with Gasteiger partial charge in [0.1, 0.15) is 17.5 Å². The van der Waals surface area contributed by atoms with E-state index in [1.165, 1.54) is 18.2 Å². The van der Waals surface area contributed by atoms with Crippen LogP contribution in [0, 0.1) is 23.4 Å². The number of halogens is 3. The van der Waals surface area contributed by atoms with Crippen LogP contribution in [-0.2, 0) is 4.79 Å². The zero-order valence-corrected chi connectivity index (χ0v) is 15.8. The molecule has 1 aliphatic rings. The molecule has 7 heteroatoms. The van der Waals surface area contributed by atoms with Gasteiger partial charge in [0.2, 0.25) is 5.91 Å². The van der Waals surface area contributed by atoms with Gasteiger partial charge in [-0.2, -0.15) is 0 Å². The largest absolute Gasteiger partial charge is 0.392 e. The molecule has 1 amide bonds. The highest BCUT2D eigenvalue weighted by Crippen LogP contribution is 2.48. The summed E-state index contributed by atoms with van der Waals surface area (Å²) in [7, 11) is 0. The van der Waals surface area contributed by atoms with E-state index in [9.17, 15) is 23.1 Å². The first-order chi connectivity index (χ1) is 13.8. The van der Waals surface area contributed by atoms with E-state index in [1.807, 2.05) is 0 Å². The number of aromatic amines is 1. The second-order valence-electron chi connectivity index (χ2n) is 7.69. The monoisotopic (exact) mass is 402 g/mol. The quantitative estimate of drug-likeness (QED) is 0.598. The highest BCUT2D eigenvalue weighted by molar-refractivity contribution is 5.92. The van der Waals surface area contributed by atoms with Crippen LogP contribution in [-0.4, -0.2) is 28.6 Å². The van der Waals surface area contributed by atoms with Gasteiger partial charge < -0.3 is 15.4 Å². The van der Waals surface area contributed by atoms with E-state index in [0.29, 0.717) is 29.5 Å². The molecule has 4 nitrogen and oxygen atoms in total. The van der Waals surface area contributed by atoms with Crippen molar-refractivity contribution in [1.29, 1.82) is 0 Å². The Hall–Kier alpha value is -2.80. The van der Waals surface area contributed by atoms with Crippen LogP contribution in [0.1, 0.15) is 31.2 Å². The van der Waals surface area contributed by atoms with Crippen LogP contribution in [0.5, 0.6) is 0 Å². The first-order valence-corrected chi connectivity index (χ1v) is 9.55. The Morgan fingerprint density at radius 2 is 1.86 bits per heavy atom. The molecule has 0 bridgehead atoms. The number of H-pyrrole nitrogens is 1. The van der Waals surface area contributed by atoms with Gasteiger partial charge in [0, 0.05) is 23.9 Å². The number of amides is 1. The smallest absolute Gasteiger partial charge is 0.223 e. The molecule has 0 spiro atoms. The van der Waals surface area contributed by atoms with E-state index in [-0.39, 0.29) is 35.6 Å². The van der Waals surface area contributed by atoms with Crippen molar-refractivity contribution >= 4 is 16.8 Å². The number of aliphatic hydroxyl groups excluding tert-OH is 1. The number of carbonyl (C=O) groups excluding carboxylic acids is 1. The number of hydrogen-bond donors (Lipinski definition) is 3. The van der Waals surface area contributed by atoms with E-state index >= 15 is 0 Å². The van der Waals surface area contributed by atoms with Crippen LogP contribution in [0.2, 0.25) is 0 Å². The predicted molar refractivity (Wildman–Crippen MR) is 104 cm³/mol. The molecular weight excluding hydrogens is 381 g/mol. The van der Waals surface area contributed by atoms with Crippen LogP contribution < -0.4 is 5.32 Å². The summed E-state index contributed by atoms with van der Waals surface area (Å²) < 4.78 is 41.6. The zero-order valence-electron chi connectivity index (χ0n) is 15.8. The normalized spacial score (nSPS) is 19.8. The molecule has 29 heavy (non-hydrogen) atoms. The lowest BCUT2D eigenvalue weighted by Crippen LogP contribution is -2.40. The summed E-state index contributed by atoms with van der Waals surface area (Å²) in [5, 5.41) is 12.5. The molecule has 4 rings (SSSR count). The van der Waals surface area contributed by atoms with E-state index in [0.717, 1.165) is 11.6 Å². The maximum absolute atomic E-state index is 14.4. The molecule has 0 radical (unpaired) electrons. The zero-order chi connectivity index (χ0) is 20.7. The van der Waals surface area contributed by atoms with Crippen molar-refractivity contribution in [3.63, 3.8) is 0 Å². The third-order valence-corrected chi connectivity index (χ3v) is 5.49. The lowest BCUT2D eigenvalue weighted by molar-refractivity contribution is -0.128. The number of nitrogens with one attached hydrogen (secondary N) is 2. The van der Waals surface area contributed by atoms with Crippen LogP contribution in [0.3, 0.4) is 0 Å². The molecule has 0 saturated heterocycles. The van der Waals surface area contributed by atoms with E-state index in [4.69, 9.17) is 0 Å². The summed E-state index contributed by atoms with van der Waals surface area (Å²) in [6, 6.07) is 7.91. The fourth-order valence-electron chi connectivity index (χ4n) is 3.97. The maximum Gasteiger partial charge on any atom is 0.223 e. The molecule has 1 saturated carbocycles. The molecule has 2 aromatic carbocycles. The molecule has 0 aliphatic heterocycles. The van der Waals surface area contributed by atoms with Crippen LogP contribution in [0.25, 0.3) is 22.2 Å². The summed E-state index contributed by atoms with van der Waals surface area (Å²) in [6.07, 6.45) is 0.440. The van der Waals surface area contributed by atoms with Gasteiger partial charge >= 0.3 is 0 Å². The van der Waals surface area contributed by atoms with Crippen molar-refractivity contribution in [2.45, 2.75) is 31.8 Å². The van der Waals surface area contributed by atoms with Crippen molar-refractivity contribution in [2.24, 2.45) is 5.92 Å². The molecule has 1 aromatic heterocycles. The van der Waals surface area contributed by atoms with Gasteiger partial charge in [-0.25, -0.2) is 13.2 Å². The molecule has 1 heterocycles. The lowest BCUT2D eigenvalue weighted by atomic mass is 9.70. The molecule has 1 aliphatic carbocycles. The molecule has 3 N–H and O–H groups in total. The highest BCUT2D eigenvalue weighted by Gasteiger charge is 2.38. The molecule has 0 unspecified atom stereocenters. The van der Waals surface area contributed by atoms with Crippen molar-refractivity contribution in [3.8, 4) is 11.3 Å². The van der Waals surface area contributed by atoms with Crippen LogP contribution in [0.15, 0.2) is 36.4 Å². The van der Waals surface area contributed by atoms with Gasteiger partial charge in [0.05, 0.1) is 17.3 Å². The summed E-state index contributed by atoms with van der Waals surface area (Å²) in [5.74, 6) is -2.17. The summed E-state index contributed by atoms with van der Waals surface area (Å²) in [5.41, 5.74) is 2.21. The topological polar surface area (TPSA) is 65.1 Å². The Morgan fingerprint density at radius 1 is 1.17 bits per heavy atom. The molecule has 152 valence electrons. The Morgan fingerprint density at radius 3 is 2.52 bits per heavy atom. The second kappa shape index (κ2) is 7.55. The molecular formula is C22H21F3N2O2. The fourth-order valence-corrected chi connectivity index (χ4v) is 3.97. The van der Waals surface area contributed by atoms with Crippen LogP contribution in [0.4, 0.5) is 13.2 Å². The predicted octanol–water partition coefficient (Wildman–Crippen LogP) is 4.24. The first kappa shape index (κ1) is 19.5. The first-order valence-electron chi connectivity index (χ1n) is 9.55. The second-order valence-corrected chi connectivity index (χ2v) is 7.69. The Balaban J connectivity index is 1.69. The Bertz CT molecular complexity index is 1050. The number of rotatable bonds is 5. The maximum atomic E-state index is 14.4. The van der Waals surface area contributed by atoms with Crippen molar-refractivity contribution in [1.82, 2.24) is 10.3 Å². The van der Waals surface area contributed by atoms with Crippen molar-refractivity contribution in [2.75, 3.05) is 6.54 Å². The highest BCUT2D eigenvalue weighted by atomic mass is 19.1. The van der Waals surface area contributed by atoms with E-state index in [1.54, 1.807) is 19.1 Å². The van der Waals surface area contributed by atoms with Gasteiger partial charge in [-0.3, -0.25) is 4.79 Å². The minimum Gasteiger partial charge on any atom is -0.392 e. The number of hydrogen-bond acceptors (Lipinski definition) is 2. The van der Waals surface area contributed by atoms with Gasteiger partial charge in [-0.1, -0.05) is 0 Å². The third kappa shape index (κ3) is 3.74. The lowest BCUT2D eigenvalue weighted by Gasteiger charge is -2.35. The van der Waals surface area contributed by atoms with E-state index in [2.05, 4.69) is 10.3 Å². The van der Waals surface area contributed by atoms with Gasteiger partial charge in [-0.15, -0.1) is 0 Å². The molecule has 3 aromatic rings. The minimum atomic E-state index is -0.694. The van der Waals surface area contributed by atoms with Gasteiger partial charge in [0.25, 0.3) is 0 Å². The number of aliphatic hydroxyl groups is 1. The summed E-state index contributed by atoms with van der Waals surface area (Å²) in [4.78, 5) is 15.2. The van der Waals surface area contributed by atoms with Crippen LogP contribution >= 0.6 is 0 Å². The number of carbonyl (C=O) groups is 1. The summed E-state index contributed by atoms with van der Waals surface area (Å²) in [6.45, 7) is 1.78. The molecule has 1 fully saturated rings. The Labute approximate surface area is 165 Å². The average molecular weight is 402 g/mol. The summed E-state index contributed by atoms with van der Waals surface area (Å²) >= 11 is 0. The third-order valence-electron chi connectivity index (χ3n) is 5.49. The number of fused-ring (bicyclic) bond motifs is 1. The van der Waals surface area contributed by atoms with Crippen molar-refractivity contribution in [3.05, 3.63) is 59.4 Å². The fraction of sp³-hybridized carbons (Fsp3) is 0.318. The number of aromatic nitrogens is 1. The number of benzene rings is 2. The van der Waals surface area contributed by atoms with E-state index < -0.39 is 17.7 Å². The molecule has 1 atom stereocenters. The van der Waals surface area contributed by atoms with Gasteiger partial charge in [-0.05, 0) is 67.1 Å². The van der Waals surface area contributed by atoms with Gasteiger partial charge in [0.15, 0.2) is 0 Å².